The van der Waals surface area contributed by atoms with Crippen molar-refractivity contribution < 1.29 is 4.39 Å². The maximum atomic E-state index is 13.1. The lowest BCUT2D eigenvalue weighted by Crippen LogP contribution is -2.37. The Morgan fingerprint density at radius 1 is 1.06 bits per heavy atom. The molecule has 1 N–H and O–H groups in total. The molecule has 8 nitrogen and oxygen atoms in total. The molecule has 0 aliphatic rings. The second kappa shape index (κ2) is 8.31. The monoisotopic (exact) mass is 484 g/mol. The summed E-state index contributed by atoms with van der Waals surface area (Å²) in [6, 6.07) is 13.5. The third-order valence-electron chi connectivity index (χ3n) is 4.85. The minimum atomic E-state index is -0.466. The molecule has 4 rings (SSSR count). The molecule has 0 saturated carbocycles. The van der Waals surface area contributed by atoms with Crippen LogP contribution in [0.25, 0.3) is 11.2 Å². The highest BCUT2D eigenvalue weighted by molar-refractivity contribution is 9.10. The topological polar surface area (TPSA) is 86.2 Å². The Balaban J connectivity index is 1.80. The van der Waals surface area contributed by atoms with Gasteiger partial charge in [-0.15, -0.1) is 0 Å². The van der Waals surface area contributed by atoms with Gasteiger partial charge in [-0.25, -0.2) is 14.6 Å². The summed E-state index contributed by atoms with van der Waals surface area (Å²) in [5.41, 5.74) is 4.09. The molecular formula is C21H18BrFN6O2. The molecule has 2 aromatic heterocycles. The molecule has 31 heavy (non-hydrogen) atoms. The average molecular weight is 485 g/mol. The number of rotatable bonds is 5. The maximum Gasteiger partial charge on any atom is 0.332 e. The highest BCUT2D eigenvalue weighted by Gasteiger charge is 2.19. The van der Waals surface area contributed by atoms with Crippen LogP contribution in [0.15, 0.2) is 67.7 Å². The zero-order valence-electron chi connectivity index (χ0n) is 16.7. The highest BCUT2D eigenvalue weighted by Crippen LogP contribution is 2.19. The van der Waals surface area contributed by atoms with E-state index in [4.69, 9.17) is 0 Å². The van der Waals surface area contributed by atoms with Crippen LogP contribution in [-0.4, -0.2) is 24.9 Å². The van der Waals surface area contributed by atoms with Crippen molar-refractivity contribution in [1.29, 1.82) is 0 Å². The lowest BCUT2D eigenvalue weighted by atomic mass is 10.2. The largest absolute Gasteiger partial charge is 0.332 e. The molecule has 0 spiro atoms. The summed E-state index contributed by atoms with van der Waals surface area (Å²) < 4.78 is 18.1. The second-order valence-electron chi connectivity index (χ2n) is 6.95. The molecule has 0 aliphatic heterocycles. The summed E-state index contributed by atoms with van der Waals surface area (Å²) in [6.45, 7) is 0.339. The molecular weight excluding hydrogens is 467 g/mol. The number of benzene rings is 2. The van der Waals surface area contributed by atoms with Gasteiger partial charge in [0.1, 0.15) is 5.82 Å². The number of hydrazone groups is 1. The fourth-order valence-electron chi connectivity index (χ4n) is 3.17. The van der Waals surface area contributed by atoms with Crippen molar-refractivity contribution in [3.05, 3.63) is 90.8 Å². The number of fused-ring (bicyclic) bond motifs is 1. The minimum absolute atomic E-state index is 0.254. The third kappa shape index (κ3) is 4.06. The van der Waals surface area contributed by atoms with Gasteiger partial charge in [0.25, 0.3) is 5.56 Å². The van der Waals surface area contributed by atoms with Crippen LogP contribution in [0.5, 0.6) is 0 Å². The van der Waals surface area contributed by atoms with Gasteiger partial charge in [-0.2, -0.15) is 10.1 Å². The van der Waals surface area contributed by atoms with E-state index in [-0.39, 0.29) is 17.0 Å². The highest BCUT2D eigenvalue weighted by atomic mass is 79.9. The Morgan fingerprint density at radius 2 is 1.74 bits per heavy atom. The molecule has 2 heterocycles. The van der Waals surface area contributed by atoms with E-state index in [0.717, 1.165) is 14.6 Å². The molecule has 4 aromatic rings. The Bertz CT molecular complexity index is 1400. The Kier molecular flexibility index (Phi) is 5.55. The van der Waals surface area contributed by atoms with E-state index in [9.17, 15) is 14.0 Å². The van der Waals surface area contributed by atoms with Gasteiger partial charge in [0.2, 0.25) is 5.95 Å². The SMILES string of the molecule is Cn1c(=O)c2c(nc(N/N=C/c3ccc(F)cc3)n2Cc2ccc(Br)cc2)n(C)c1=O. The van der Waals surface area contributed by atoms with Crippen molar-refractivity contribution in [2.24, 2.45) is 19.2 Å². The normalized spacial score (nSPS) is 11.5. The van der Waals surface area contributed by atoms with Crippen LogP contribution >= 0.6 is 15.9 Å². The predicted molar refractivity (Wildman–Crippen MR) is 121 cm³/mol. The van der Waals surface area contributed by atoms with E-state index in [1.807, 2.05) is 24.3 Å². The number of anilines is 1. The van der Waals surface area contributed by atoms with E-state index in [1.54, 1.807) is 23.7 Å². The quantitative estimate of drug-likeness (QED) is 0.348. The lowest BCUT2D eigenvalue weighted by Gasteiger charge is -2.09. The maximum absolute atomic E-state index is 13.1. The molecule has 10 heteroatoms. The first kappa shape index (κ1) is 20.7. The molecule has 0 radical (unpaired) electrons. The van der Waals surface area contributed by atoms with E-state index >= 15 is 0 Å². The van der Waals surface area contributed by atoms with Gasteiger partial charge >= 0.3 is 5.69 Å². The molecule has 0 atom stereocenters. The van der Waals surface area contributed by atoms with E-state index in [0.29, 0.717) is 18.1 Å². The Morgan fingerprint density at radius 3 is 2.42 bits per heavy atom. The van der Waals surface area contributed by atoms with Crippen molar-refractivity contribution in [2.45, 2.75) is 6.54 Å². The first-order chi connectivity index (χ1) is 14.8. The van der Waals surface area contributed by atoms with Crippen molar-refractivity contribution in [3.63, 3.8) is 0 Å². The first-order valence-corrected chi connectivity index (χ1v) is 10.1. The van der Waals surface area contributed by atoms with Crippen molar-refractivity contribution in [3.8, 4) is 0 Å². The van der Waals surface area contributed by atoms with E-state index in [2.05, 4.69) is 31.4 Å². The van der Waals surface area contributed by atoms with Crippen LogP contribution < -0.4 is 16.7 Å². The summed E-state index contributed by atoms with van der Waals surface area (Å²) in [6.07, 6.45) is 1.51. The summed E-state index contributed by atoms with van der Waals surface area (Å²) in [7, 11) is 2.99. The summed E-state index contributed by atoms with van der Waals surface area (Å²) in [5.74, 6) is -0.0345. The zero-order chi connectivity index (χ0) is 22.1. The molecule has 0 fully saturated rings. The number of nitrogens with one attached hydrogen (secondary N) is 1. The smallest absolute Gasteiger partial charge is 0.298 e. The van der Waals surface area contributed by atoms with Crippen LogP contribution in [0.2, 0.25) is 0 Å². The van der Waals surface area contributed by atoms with E-state index in [1.165, 1.54) is 30.0 Å². The number of aromatic nitrogens is 4. The fourth-order valence-corrected chi connectivity index (χ4v) is 3.44. The summed E-state index contributed by atoms with van der Waals surface area (Å²) >= 11 is 3.41. The molecule has 0 aliphatic carbocycles. The van der Waals surface area contributed by atoms with Gasteiger partial charge in [-0.3, -0.25) is 18.5 Å². The fraction of sp³-hybridized carbons (Fsp3) is 0.143. The van der Waals surface area contributed by atoms with Crippen molar-refractivity contribution in [2.75, 3.05) is 5.43 Å². The second-order valence-corrected chi connectivity index (χ2v) is 7.86. The van der Waals surface area contributed by atoms with Crippen LogP contribution in [0.3, 0.4) is 0 Å². The van der Waals surface area contributed by atoms with Gasteiger partial charge in [0, 0.05) is 18.6 Å². The molecule has 2 aromatic carbocycles. The minimum Gasteiger partial charge on any atom is -0.298 e. The predicted octanol–water partition coefficient (Wildman–Crippen LogP) is 2.83. The van der Waals surface area contributed by atoms with Crippen LogP contribution in [0, 0.1) is 5.82 Å². The molecule has 0 bridgehead atoms. The van der Waals surface area contributed by atoms with Gasteiger partial charge in [0.05, 0.1) is 12.8 Å². The van der Waals surface area contributed by atoms with Crippen molar-refractivity contribution >= 4 is 39.3 Å². The number of imidazole rings is 1. The Labute approximate surface area is 184 Å². The number of hydrogen-bond donors (Lipinski definition) is 1. The summed E-state index contributed by atoms with van der Waals surface area (Å²) in [5, 5.41) is 4.17. The molecule has 158 valence electrons. The Hall–Kier alpha value is -3.53. The van der Waals surface area contributed by atoms with Gasteiger partial charge in [-0.05, 0) is 35.4 Å². The van der Waals surface area contributed by atoms with Crippen molar-refractivity contribution in [1.82, 2.24) is 18.7 Å². The molecule has 0 amide bonds. The van der Waals surface area contributed by atoms with Gasteiger partial charge < -0.3 is 0 Å². The third-order valence-corrected chi connectivity index (χ3v) is 5.38. The van der Waals surface area contributed by atoms with E-state index < -0.39 is 11.2 Å². The van der Waals surface area contributed by atoms with Crippen LogP contribution in [-0.2, 0) is 20.6 Å². The first-order valence-electron chi connectivity index (χ1n) is 9.30. The summed E-state index contributed by atoms with van der Waals surface area (Å²) in [4.78, 5) is 29.7. The number of hydrogen-bond acceptors (Lipinski definition) is 5. The van der Waals surface area contributed by atoms with Gasteiger partial charge in [-0.1, -0.05) is 40.2 Å². The standard InChI is InChI=1S/C21H18BrFN6O2/c1-27-18-17(19(30)28(2)21(27)31)29(12-14-3-7-15(22)8-4-14)20(25-18)26-24-11-13-5-9-16(23)10-6-13/h3-11H,12H2,1-2H3,(H,25,26)/b24-11+. The van der Waals surface area contributed by atoms with Crippen LogP contribution in [0.4, 0.5) is 10.3 Å². The number of halogens is 2. The average Bonchev–Trinajstić information content (AvgIpc) is 3.12. The number of nitrogens with zero attached hydrogens (tertiary/aromatic N) is 5. The van der Waals surface area contributed by atoms with Crippen LogP contribution in [0.1, 0.15) is 11.1 Å². The molecule has 0 saturated heterocycles. The van der Waals surface area contributed by atoms with Gasteiger partial charge in [0.15, 0.2) is 11.2 Å². The molecule has 0 unspecified atom stereocenters. The lowest BCUT2D eigenvalue weighted by molar-refractivity contribution is 0.628. The zero-order valence-corrected chi connectivity index (χ0v) is 18.3. The number of aryl methyl sites for hydroxylation is 1.